The number of carbonyl (C=O) groups is 1. The maximum atomic E-state index is 13.2. The quantitative estimate of drug-likeness (QED) is 0.452. The third-order valence-electron chi connectivity index (χ3n) is 4.87. The summed E-state index contributed by atoms with van der Waals surface area (Å²) in [6, 6.07) is 11.1. The minimum atomic E-state index is -4.55. The van der Waals surface area contributed by atoms with Crippen molar-refractivity contribution in [2.24, 2.45) is 0 Å². The molecule has 2 heterocycles. The second kappa shape index (κ2) is 8.72. The zero-order valence-electron chi connectivity index (χ0n) is 16.3. The zero-order valence-corrected chi connectivity index (χ0v) is 17.1. The van der Waals surface area contributed by atoms with E-state index in [-0.39, 0.29) is 27.9 Å². The first-order valence-electron chi connectivity index (χ1n) is 9.52. The summed E-state index contributed by atoms with van der Waals surface area (Å²) in [6.07, 6.45) is -4.55. The molecule has 31 heavy (non-hydrogen) atoms. The van der Waals surface area contributed by atoms with Gasteiger partial charge in [0.15, 0.2) is 5.16 Å². The number of para-hydroxylation sites is 1. The number of ether oxygens (including phenoxy) is 1. The van der Waals surface area contributed by atoms with E-state index in [2.05, 4.69) is 4.98 Å². The third kappa shape index (κ3) is 4.59. The molecule has 0 unspecified atom stereocenters. The van der Waals surface area contributed by atoms with Gasteiger partial charge in [0.1, 0.15) is 0 Å². The van der Waals surface area contributed by atoms with E-state index in [9.17, 15) is 22.8 Å². The van der Waals surface area contributed by atoms with Crippen molar-refractivity contribution in [2.45, 2.75) is 11.3 Å². The Labute approximate surface area is 179 Å². The Hall–Kier alpha value is -2.85. The number of amides is 1. The van der Waals surface area contributed by atoms with Crippen LogP contribution in [-0.4, -0.2) is 52.4 Å². The van der Waals surface area contributed by atoms with Crippen LogP contribution in [0.2, 0.25) is 0 Å². The smallest absolute Gasteiger partial charge is 0.378 e. The maximum Gasteiger partial charge on any atom is 0.416 e. The molecule has 1 aliphatic rings. The zero-order chi connectivity index (χ0) is 22.0. The summed E-state index contributed by atoms with van der Waals surface area (Å²) < 4.78 is 46.1. The fourth-order valence-electron chi connectivity index (χ4n) is 3.29. The standard InChI is InChI=1S/C21H18F3N3O3S/c22-21(23,24)14-4-3-5-15(12-14)27-19(29)16-6-1-2-7-17(16)25-20(27)31-13-18(28)26-8-10-30-11-9-26/h1-7,12H,8-11,13H2. The lowest BCUT2D eigenvalue weighted by Gasteiger charge is -2.26. The number of hydrogen-bond donors (Lipinski definition) is 0. The number of aromatic nitrogens is 2. The van der Waals surface area contributed by atoms with Gasteiger partial charge in [0.2, 0.25) is 5.91 Å². The summed E-state index contributed by atoms with van der Waals surface area (Å²) in [7, 11) is 0. The van der Waals surface area contributed by atoms with Gasteiger partial charge in [-0.3, -0.25) is 14.2 Å². The highest BCUT2D eigenvalue weighted by molar-refractivity contribution is 7.99. The lowest BCUT2D eigenvalue weighted by Crippen LogP contribution is -2.41. The number of nitrogens with zero attached hydrogens (tertiary/aromatic N) is 3. The fourth-order valence-corrected chi connectivity index (χ4v) is 4.20. The van der Waals surface area contributed by atoms with Gasteiger partial charge in [0.05, 0.1) is 41.1 Å². The molecule has 2 aromatic carbocycles. The molecule has 1 aliphatic heterocycles. The van der Waals surface area contributed by atoms with Gasteiger partial charge in [-0.05, 0) is 30.3 Å². The van der Waals surface area contributed by atoms with E-state index in [0.717, 1.165) is 28.5 Å². The number of thioether (sulfide) groups is 1. The van der Waals surface area contributed by atoms with E-state index in [1.807, 2.05) is 0 Å². The van der Waals surface area contributed by atoms with Gasteiger partial charge in [-0.2, -0.15) is 13.2 Å². The Morgan fingerprint density at radius 1 is 1.10 bits per heavy atom. The Bertz CT molecular complexity index is 1170. The van der Waals surface area contributed by atoms with E-state index in [1.54, 1.807) is 29.2 Å². The maximum absolute atomic E-state index is 13.2. The second-order valence-corrected chi connectivity index (χ2v) is 7.82. The van der Waals surface area contributed by atoms with Gasteiger partial charge in [-0.1, -0.05) is 30.0 Å². The average molecular weight is 449 g/mol. The SMILES string of the molecule is O=C(CSc1nc2ccccc2c(=O)n1-c1cccc(C(F)(F)F)c1)N1CCOCC1. The van der Waals surface area contributed by atoms with Crippen molar-refractivity contribution < 1.29 is 22.7 Å². The Balaban J connectivity index is 1.75. The van der Waals surface area contributed by atoms with E-state index in [0.29, 0.717) is 31.8 Å². The molecule has 0 saturated carbocycles. The molecule has 1 aromatic heterocycles. The van der Waals surface area contributed by atoms with Gasteiger partial charge in [0.25, 0.3) is 5.56 Å². The summed E-state index contributed by atoms with van der Waals surface area (Å²) >= 11 is 1.02. The van der Waals surface area contributed by atoms with Crippen LogP contribution < -0.4 is 5.56 Å². The molecular weight excluding hydrogens is 431 g/mol. The molecule has 10 heteroatoms. The fraction of sp³-hybridized carbons (Fsp3) is 0.286. The highest BCUT2D eigenvalue weighted by Gasteiger charge is 2.31. The van der Waals surface area contributed by atoms with E-state index in [4.69, 9.17) is 4.74 Å². The number of fused-ring (bicyclic) bond motifs is 1. The summed E-state index contributed by atoms with van der Waals surface area (Å²) in [4.78, 5) is 31.8. The lowest BCUT2D eigenvalue weighted by molar-refractivity contribution is -0.137. The van der Waals surface area contributed by atoms with Gasteiger partial charge in [-0.15, -0.1) is 0 Å². The molecule has 3 aromatic rings. The molecular formula is C21H18F3N3O3S. The molecule has 1 amide bonds. The monoisotopic (exact) mass is 449 g/mol. The molecule has 0 radical (unpaired) electrons. The molecule has 0 N–H and O–H groups in total. The molecule has 1 saturated heterocycles. The van der Waals surface area contributed by atoms with Crippen molar-refractivity contribution in [3.8, 4) is 5.69 Å². The molecule has 6 nitrogen and oxygen atoms in total. The van der Waals surface area contributed by atoms with E-state index >= 15 is 0 Å². The van der Waals surface area contributed by atoms with Crippen LogP contribution in [0.5, 0.6) is 0 Å². The van der Waals surface area contributed by atoms with Crippen molar-refractivity contribution in [3.63, 3.8) is 0 Å². The van der Waals surface area contributed by atoms with E-state index < -0.39 is 17.3 Å². The normalized spacial score (nSPS) is 14.7. The van der Waals surface area contributed by atoms with Gasteiger partial charge < -0.3 is 9.64 Å². The summed E-state index contributed by atoms with van der Waals surface area (Å²) in [5, 5.41) is 0.438. The van der Waals surface area contributed by atoms with Crippen molar-refractivity contribution in [1.29, 1.82) is 0 Å². The lowest BCUT2D eigenvalue weighted by atomic mass is 10.2. The summed E-state index contributed by atoms with van der Waals surface area (Å²) in [5.41, 5.74) is -0.909. The van der Waals surface area contributed by atoms with Gasteiger partial charge >= 0.3 is 6.18 Å². The van der Waals surface area contributed by atoms with Crippen LogP contribution >= 0.6 is 11.8 Å². The minimum absolute atomic E-state index is 0.00371. The van der Waals surface area contributed by atoms with Crippen LogP contribution in [0.1, 0.15) is 5.56 Å². The molecule has 0 bridgehead atoms. The topological polar surface area (TPSA) is 64.4 Å². The van der Waals surface area contributed by atoms with Crippen LogP contribution in [-0.2, 0) is 15.7 Å². The molecule has 1 fully saturated rings. The molecule has 162 valence electrons. The van der Waals surface area contributed by atoms with Gasteiger partial charge in [0, 0.05) is 13.1 Å². The number of carbonyl (C=O) groups excluding carboxylic acids is 1. The first kappa shape index (κ1) is 21.4. The van der Waals surface area contributed by atoms with Crippen LogP contribution in [0.4, 0.5) is 13.2 Å². The minimum Gasteiger partial charge on any atom is -0.378 e. The van der Waals surface area contributed by atoms with Gasteiger partial charge in [-0.25, -0.2) is 4.98 Å². The summed E-state index contributed by atoms with van der Waals surface area (Å²) in [6.45, 7) is 1.87. The number of hydrogen-bond acceptors (Lipinski definition) is 5. The Morgan fingerprint density at radius 2 is 1.84 bits per heavy atom. The largest absolute Gasteiger partial charge is 0.416 e. The van der Waals surface area contributed by atoms with Crippen molar-refractivity contribution in [1.82, 2.24) is 14.5 Å². The predicted molar refractivity (Wildman–Crippen MR) is 110 cm³/mol. The number of rotatable bonds is 4. The van der Waals surface area contributed by atoms with Crippen LogP contribution in [0, 0.1) is 0 Å². The van der Waals surface area contributed by atoms with Crippen LogP contribution in [0.25, 0.3) is 16.6 Å². The van der Waals surface area contributed by atoms with Crippen LogP contribution in [0.15, 0.2) is 58.5 Å². The molecule has 0 aliphatic carbocycles. The first-order valence-corrected chi connectivity index (χ1v) is 10.5. The Morgan fingerprint density at radius 3 is 2.58 bits per heavy atom. The highest BCUT2D eigenvalue weighted by Crippen LogP contribution is 2.31. The molecule has 0 atom stereocenters. The predicted octanol–water partition coefficient (Wildman–Crippen LogP) is 3.36. The number of halogens is 3. The number of alkyl halides is 3. The molecule has 0 spiro atoms. The number of morpholine rings is 1. The first-order chi connectivity index (χ1) is 14.8. The highest BCUT2D eigenvalue weighted by atomic mass is 32.2. The van der Waals surface area contributed by atoms with Crippen molar-refractivity contribution in [2.75, 3.05) is 32.1 Å². The second-order valence-electron chi connectivity index (χ2n) is 6.88. The van der Waals surface area contributed by atoms with Crippen LogP contribution in [0.3, 0.4) is 0 Å². The summed E-state index contributed by atoms with van der Waals surface area (Å²) in [5.74, 6) is -0.143. The van der Waals surface area contributed by atoms with Crippen molar-refractivity contribution in [3.05, 3.63) is 64.4 Å². The molecule has 4 rings (SSSR count). The van der Waals surface area contributed by atoms with E-state index in [1.165, 1.54) is 12.1 Å². The van der Waals surface area contributed by atoms with Crippen molar-refractivity contribution >= 4 is 28.6 Å². The third-order valence-corrected chi connectivity index (χ3v) is 5.79. The Kier molecular flexibility index (Phi) is 6.01. The number of benzene rings is 2. The average Bonchev–Trinajstić information content (AvgIpc) is 2.77.